The van der Waals surface area contributed by atoms with Gasteiger partial charge in [-0.25, -0.2) is 4.99 Å². The van der Waals surface area contributed by atoms with E-state index >= 15 is 0 Å². The van der Waals surface area contributed by atoms with Gasteiger partial charge in [-0.2, -0.15) is 0 Å². The molecule has 0 saturated carbocycles. The van der Waals surface area contributed by atoms with Gasteiger partial charge >= 0.3 is 0 Å². The Bertz CT molecular complexity index is 729. The van der Waals surface area contributed by atoms with Crippen LogP contribution in [0.2, 0.25) is 0 Å². The van der Waals surface area contributed by atoms with Crippen molar-refractivity contribution in [1.82, 2.24) is 10.6 Å². The number of benzene rings is 2. The molecule has 0 unspecified atom stereocenters. The lowest BCUT2D eigenvalue weighted by molar-refractivity contribution is 0.324. The number of rotatable bonds is 10. The zero-order valence-corrected chi connectivity index (χ0v) is 17.8. The first-order valence-corrected chi connectivity index (χ1v) is 10.2. The summed E-state index contributed by atoms with van der Waals surface area (Å²) in [4.78, 5) is 5.94. The zero-order chi connectivity index (χ0) is 20.2. The minimum Gasteiger partial charge on any atom is -0.493 e. The van der Waals surface area contributed by atoms with Crippen molar-refractivity contribution in [1.29, 1.82) is 0 Å². The van der Waals surface area contributed by atoms with Crippen LogP contribution in [0.4, 0.5) is 0 Å². The molecule has 2 aromatic carbocycles. The van der Waals surface area contributed by atoms with Crippen LogP contribution in [0.1, 0.15) is 12.5 Å². The average Bonchev–Trinajstić information content (AvgIpc) is 2.74. The highest BCUT2D eigenvalue weighted by Crippen LogP contribution is 2.38. The molecule has 0 aliphatic rings. The summed E-state index contributed by atoms with van der Waals surface area (Å²) in [6.07, 6.45) is 0. The second-order valence-electron chi connectivity index (χ2n) is 5.82. The molecule has 2 rings (SSSR count). The molecule has 0 aliphatic carbocycles. The Morgan fingerprint density at radius 2 is 1.64 bits per heavy atom. The smallest absolute Gasteiger partial charge is 0.203 e. The second-order valence-corrected chi connectivity index (χ2v) is 6.99. The monoisotopic (exact) mass is 403 g/mol. The first-order valence-electron chi connectivity index (χ1n) is 9.20. The standard InChI is InChI=1S/C21H29N3O3S/c1-5-22-21(23-11-12-28-17-9-7-6-8-10-17)24-15-16-13-18(25-2)20(27-4)19(14-16)26-3/h6-10,13-14H,5,11-12,15H2,1-4H3,(H2,22,23,24). The van der Waals surface area contributed by atoms with Crippen molar-refractivity contribution in [2.24, 2.45) is 4.99 Å². The Morgan fingerprint density at radius 1 is 0.964 bits per heavy atom. The van der Waals surface area contributed by atoms with E-state index in [-0.39, 0.29) is 0 Å². The number of thioether (sulfide) groups is 1. The predicted molar refractivity (Wildman–Crippen MR) is 116 cm³/mol. The van der Waals surface area contributed by atoms with Crippen molar-refractivity contribution in [3.63, 3.8) is 0 Å². The van der Waals surface area contributed by atoms with Gasteiger partial charge in [-0.15, -0.1) is 11.8 Å². The van der Waals surface area contributed by atoms with Crippen molar-refractivity contribution in [2.75, 3.05) is 40.2 Å². The van der Waals surface area contributed by atoms with E-state index in [0.29, 0.717) is 23.8 Å². The summed E-state index contributed by atoms with van der Waals surface area (Å²) < 4.78 is 16.2. The summed E-state index contributed by atoms with van der Waals surface area (Å²) in [5.41, 5.74) is 0.977. The Kier molecular flexibility index (Phi) is 9.34. The fourth-order valence-electron chi connectivity index (χ4n) is 2.59. The van der Waals surface area contributed by atoms with E-state index in [1.165, 1.54) is 4.90 Å². The SMILES string of the molecule is CCNC(=NCc1cc(OC)c(OC)c(OC)c1)NCCSc1ccccc1. The van der Waals surface area contributed by atoms with Crippen molar-refractivity contribution >= 4 is 17.7 Å². The van der Waals surface area contributed by atoms with Crippen molar-refractivity contribution in [3.8, 4) is 17.2 Å². The largest absolute Gasteiger partial charge is 0.493 e. The molecule has 2 N–H and O–H groups in total. The topological polar surface area (TPSA) is 64.1 Å². The highest BCUT2D eigenvalue weighted by atomic mass is 32.2. The van der Waals surface area contributed by atoms with Gasteiger partial charge in [0.2, 0.25) is 5.75 Å². The minimum absolute atomic E-state index is 0.498. The van der Waals surface area contributed by atoms with Crippen LogP contribution in [0.3, 0.4) is 0 Å². The fourth-order valence-corrected chi connectivity index (χ4v) is 3.38. The fraction of sp³-hybridized carbons (Fsp3) is 0.381. The minimum atomic E-state index is 0.498. The molecule has 0 aromatic heterocycles. The molecule has 0 bridgehead atoms. The maximum atomic E-state index is 5.41. The molecule has 2 aromatic rings. The summed E-state index contributed by atoms with van der Waals surface area (Å²) in [6.45, 7) is 4.17. The van der Waals surface area contributed by atoms with Gasteiger partial charge in [0, 0.05) is 23.7 Å². The lowest BCUT2D eigenvalue weighted by Crippen LogP contribution is -2.38. The number of ether oxygens (including phenoxy) is 3. The number of nitrogens with zero attached hydrogens (tertiary/aromatic N) is 1. The molecule has 152 valence electrons. The number of methoxy groups -OCH3 is 3. The third-order valence-corrected chi connectivity index (χ3v) is 4.91. The molecule has 0 saturated heterocycles. The van der Waals surface area contributed by atoms with Gasteiger partial charge in [0.05, 0.1) is 27.9 Å². The van der Waals surface area contributed by atoms with Crippen molar-refractivity contribution in [3.05, 3.63) is 48.0 Å². The molecule has 0 spiro atoms. The number of guanidine groups is 1. The maximum Gasteiger partial charge on any atom is 0.203 e. The predicted octanol–water partition coefficient (Wildman–Crippen LogP) is 3.56. The highest BCUT2D eigenvalue weighted by Gasteiger charge is 2.13. The molecule has 0 heterocycles. The molecule has 0 fully saturated rings. The van der Waals surface area contributed by atoms with Crippen LogP contribution in [0.15, 0.2) is 52.4 Å². The van der Waals surface area contributed by atoms with Gasteiger partial charge < -0.3 is 24.8 Å². The summed E-state index contributed by atoms with van der Waals surface area (Å²) in [5.74, 6) is 3.58. The Balaban J connectivity index is 1.97. The zero-order valence-electron chi connectivity index (χ0n) is 17.0. The van der Waals surface area contributed by atoms with E-state index in [4.69, 9.17) is 14.2 Å². The van der Waals surface area contributed by atoms with Gasteiger partial charge in [0.15, 0.2) is 17.5 Å². The summed E-state index contributed by atoms with van der Waals surface area (Å²) in [6, 6.07) is 14.2. The quantitative estimate of drug-likeness (QED) is 0.274. The molecule has 0 amide bonds. The summed E-state index contributed by atoms with van der Waals surface area (Å²) >= 11 is 1.82. The number of hydrogen-bond donors (Lipinski definition) is 2. The second kappa shape index (κ2) is 12.0. The van der Waals surface area contributed by atoms with Crippen LogP contribution in [-0.4, -0.2) is 46.1 Å². The number of nitrogens with one attached hydrogen (secondary N) is 2. The van der Waals surface area contributed by atoms with Crippen LogP contribution >= 0.6 is 11.8 Å². The first kappa shape index (κ1) is 21.8. The first-order chi connectivity index (χ1) is 13.7. The summed E-state index contributed by atoms with van der Waals surface area (Å²) in [5, 5.41) is 6.65. The van der Waals surface area contributed by atoms with Crippen molar-refractivity contribution in [2.45, 2.75) is 18.4 Å². The molecule has 7 heteroatoms. The number of hydrogen-bond acceptors (Lipinski definition) is 5. The van der Waals surface area contributed by atoms with Crippen LogP contribution < -0.4 is 24.8 Å². The van der Waals surface area contributed by atoms with Gasteiger partial charge in [0.1, 0.15) is 0 Å². The van der Waals surface area contributed by atoms with E-state index in [1.54, 1.807) is 21.3 Å². The molecular weight excluding hydrogens is 374 g/mol. The normalized spacial score (nSPS) is 11.1. The molecule has 28 heavy (non-hydrogen) atoms. The van der Waals surface area contributed by atoms with Crippen LogP contribution in [0, 0.1) is 0 Å². The van der Waals surface area contributed by atoms with E-state index in [9.17, 15) is 0 Å². The molecule has 0 atom stereocenters. The molecule has 0 aliphatic heterocycles. The lowest BCUT2D eigenvalue weighted by atomic mass is 10.2. The Hall–Kier alpha value is -2.54. The average molecular weight is 404 g/mol. The summed E-state index contributed by atoms with van der Waals surface area (Å²) in [7, 11) is 4.82. The Morgan fingerprint density at radius 3 is 2.21 bits per heavy atom. The third kappa shape index (κ3) is 6.56. The van der Waals surface area contributed by atoms with Crippen LogP contribution in [0.5, 0.6) is 17.2 Å². The van der Waals surface area contributed by atoms with Gasteiger partial charge in [-0.1, -0.05) is 18.2 Å². The maximum absolute atomic E-state index is 5.41. The number of aliphatic imine (C=N–C) groups is 1. The third-order valence-electron chi connectivity index (χ3n) is 3.89. The van der Waals surface area contributed by atoms with E-state index in [0.717, 1.165) is 30.4 Å². The van der Waals surface area contributed by atoms with E-state index in [2.05, 4.69) is 46.8 Å². The molecule has 0 radical (unpaired) electrons. The molecule has 6 nitrogen and oxygen atoms in total. The molecular formula is C21H29N3O3S. The van der Waals surface area contributed by atoms with Gasteiger partial charge in [0.25, 0.3) is 0 Å². The van der Waals surface area contributed by atoms with Gasteiger partial charge in [-0.3, -0.25) is 0 Å². The lowest BCUT2D eigenvalue weighted by Gasteiger charge is -2.14. The van der Waals surface area contributed by atoms with Crippen molar-refractivity contribution < 1.29 is 14.2 Å². The van der Waals surface area contributed by atoms with Crippen LogP contribution in [0.25, 0.3) is 0 Å². The van der Waals surface area contributed by atoms with E-state index in [1.807, 2.05) is 30.0 Å². The van der Waals surface area contributed by atoms with Crippen LogP contribution in [-0.2, 0) is 6.54 Å². The van der Waals surface area contributed by atoms with Gasteiger partial charge in [-0.05, 0) is 36.8 Å². The Labute approximate surface area is 171 Å². The van der Waals surface area contributed by atoms with E-state index < -0.39 is 0 Å². The highest BCUT2D eigenvalue weighted by molar-refractivity contribution is 7.99.